The highest BCUT2D eigenvalue weighted by Crippen LogP contribution is 2.30. The third-order valence-electron chi connectivity index (χ3n) is 2.67. The van der Waals surface area contributed by atoms with E-state index in [0.717, 1.165) is 6.07 Å². The molecule has 0 amide bonds. The zero-order valence-electron chi connectivity index (χ0n) is 10.8. The molecule has 0 bridgehead atoms. The van der Waals surface area contributed by atoms with Gasteiger partial charge in [-0.25, -0.2) is 4.39 Å². The molecule has 0 radical (unpaired) electrons. The van der Waals surface area contributed by atoms with Crippen molar-refractivity contribution in [3.05, 3.63) is 34.1 Å². The van der Waals surface area contributed by atoms with Crippen LogP contribution in [0.15, 0.2) is 18.2 Å². The van der Waals surface area contributed by atoms with E-state index in [2.05, 4.69) is 4.74 Å². The van der Waals surface area contributed by atoms with Crippen LogP contribution in [0.1, 0.15) is 13.3 Å². The lowest BCUT2D eigenvalue weighted by Crippen LogP contribution is -2.27. The number of nitro benzene ring substituents is 1. The molecule has 0 atom stereocenters. The summed E-state index contributed by atoms with van der Waals surface area (Å²) < 4.78 is 18.3. The summed E-state index contributed by atoms with van der Waals surface area (Å²) in [6.07, 6.45) is 0.0375. The van der Waals surface area contributed by atoms with E-state index in [1.807, 2.05) is 0 Å². The Morgan fingerprint density at radius 3 is 2.74 bits per heavy atom. The lowest BCUT2D eigenvalue weighted by Gasteiger charge is -2.22. The maximum atomic E-state index is 13.8. The van der Waals surface area contributed by atoms with Gasteiger partial charge in [-0.2, -0.15) is 0 Å². The molecule has 1 aromatic rings. The predicted octanol–water partition coefficient (Wildman–Crippen LogP) is 2.12. The Morgan fingerprint density at radius 2 is 2.21 bits per heavy atom. The number of nitrogens with zero attached hydrogens (tertiary/aromatic N) is 2. The maximum absolute atomic E-state index is 13.8. The predicted molar refractivity (Wildman–Crippen MR) is 67.6 cm³/mol. The van der Waals surface area contributed by atoms with Crippen molar-refractivity contribution in [3.8, 4) is 0 Å². The number of esters is 1. The molecule has 0 saturated heterocycles. The highest BCUT2D eigenvalue weighted by molar-refractivity contribution is 5.71. The molecule has 0 unspecified atom stereocenters. The van der Waals surface area contributed by atoms with Gasteiger partial charge < -0.3 is 9.64 Å². The van der Waals surface area contributed by atoms with Crippen LogP contribution in [0.2, 0.25) is 0 Å². The summed E-state index contributed by atoms with van der Waals surface area (Å²) in [4.78, 5) is 22.8. The van der Waals surface area contributed by atoms with Crippen LogP contribution in [0, 0.1) is 15.9 Å². The Hall–Kier alpha value is -2.18. The highest BCUT2D eigenvalue weighted by atomic mass is 19.1. The molecule has 0 saturated carbocycles. The van der Waals surface area contributed by atoms with E-state index in [9.17, 15) is 19.3 Å². The number of para-hydroxylation sites is 1. The molecule has 1 aromatic carbocycles. The van der Waals surface area contributed by atoms with E-state index in [4.69, 9.17) is 0 Å². The summed E-state index contributed by atoms with van der Waals surface area (Å²) in [7, 11) is 1.25. The first kappa shape index (κ1) is 14.9. The van der Waals surface area contributed by atoms with Gasteiger partial charge in [-0.1, -0.05) is 6.07 Å². The number of hydrogen-bond acceptors (Lipinski definition) is 5. The van der Waals surface area contributed by atoms with Crippen LogP contribution in [0.5, 0.6) is 0 Å². The van der Waals surface area contributed by atoms with Crippen LogP contribution in [0.3, 0.4) is 0 Å². The van der Waals surface area contributed by atoms with Crippen molar-refractivity contribution in [2.24, 2.45) is 0 Å². The standard InChI is InChI=1S/C12H15FN2O4/c1-3-14(8-7-11(16)19-2)12-9(13)5-4-6-10(12)15(17)18/h4-6H,3,7-8H2,1-2H3. The van der Waals surface area contributed by atoms with Crippen molar-refractivity contribution in [1.29, 1.82) is 0 Å². The topological polar surface area (TPSA) is 72.7 Å². The fraction of sp³-hybridized carbons (Fsp3) is 0.417. The molecule has 0 spiro atoms. The van der Waals surface area contributed by atoms with Gasteiger partial charge in [0.25, 0.3) is 5.69 Å². The first-order valence-electron chi connectivity index (χ1n) is 5.75. The summed E-state index contributed by atoms with van der Waals surface area (Å²) in [6, 6.07) is 3.67. The highest BCUT2D eigenvalue weighted by Gasteiger charge is 2.23. The van der Waals surface area contributed by atoms with Gasteiger partial charge in [-0.05, 0) is 13.0 Å². The molecule has 0 aliphatic heterocycles. The molecule has 104 valence electrons. The van der Waals surface area contributed by atoms with E-state index in [1.54, 1.807) is 6.92 Å². The minimum Gasteiger partial charge on any atom is -0.469 e. The monoisotopic (exact) mass is 270 g/mol. The Bertz CT molecular complexity index is 479. The molecule has 19 heavy (non-hydrogen) atoms. The number of nitro groups is 1. The van der Waals surface area contributed by atoms with Crippen LogP contribution >= 0.6 is 0 Å². The number of hydrogen-bond donors (Lipinski definition) is 0. The fourth-order valence-corrected chi connectivity index (χ4v) is 1.72. The summed E-state index contributed by atoms with van der Waals surface area (Å²) in [5, 5.41) is 10.9. The number of halogens is 1. The number of anilines is 1. The summed E-state index contributed by atoms with van der Waals surface area (Å²) in [5.74, 6) is -1.13. The first-order valence-corrected chi connectivity index (χ1v) is 5.75. The van der Waals surface area contributed by atoms with Gasteiger partial charge in [0.2, 0.25) is 0 Å². The minimum atomic E-state index is -0.680. The second kappa shape index (κ2) is 6.67. The van der Waals surface area contributed by atoms with Crippen LogP contribution in [-0.2, 0) is 9.53 Å². The molecule has 0 aromatic heterocycles. The zero-order valence-corrected chi connectivity index (χ0v) is 10.8. The molecule has 1 rings (SSSR count). The van der Waals surface area contributed by atoms with Gasteiger partial charge in [0, 0.05) is 19.2 Å². The largest absolute Gasteiger partial charge is 0.469 e. The van der Waals surface area contributed by atoms with Crippen molar-refractivity contribution in [2.45, 2.75) is 13.3 Å². The van der Waals surface area contributed by atoms with E-state index in [1.165, 1.54) is 24.1 Å². The third-order valence-corrected chi connectivity index (χ3v) is 2.67. The minimum absolute atomic E-state index is 0.0375. The lowest BCUT2D eigenvalue weighted by atomic mass is 10.2. The number of benzene rings is 1. The maximum Gasteiger partial charge on any atom is 0.307 e. The quantitative estimate of drug-likeness (QED) is 0.450. The average Bonchev–Trinajstić information content (AvgIpc) is 2.40. The molecular formula is C12H15FN2O4. The van der Waals surface area contributed by atoms with Gasteiger partial charge >= 0.3 is 5.97 Å². The van der Waals surface area contributed by atoms with Crippen LogP contribution in [0.4, 0.5) is 15.8 Å². The molecule has 0 aliphatic carbocycles. The fourth-order valence-electron chi connectivity index (χ4n) is 1.72. The molecule has 0 heterocycles. The molecule has 0 aliphatic rings. The van der Waals surface area contributed by atoms with E-state index >= 15 is 0 Å². The second-order valence-corrected chi connectivity index (χ2v) is 3.77. The summed E-state index contributed by atoms with van der Waals surface area (Å²) in [5.41, 5.74) is -0.411. The SMILES string of the molecule is CCN(CCC(=O)OC)c1c(F)cccc1[N+](=O)[O-]. The molecule has 7 heteroatoms. The van der Waals surface area contributed by atoms with Gasteiger partial charge in [0.1, 0.15) is 0 Å². The number of carbonyl (C=O) groups excluding carboxylic acids is 1. The molecule has 0 N–H and O–H groups in total. The van der Waals surface area contributed by atoms with Crippen molar-refractivity contribution >= 4 is 17.3 Å². The Morgan fingerprint density at radius 1 is 1.53 bits per heavy atom. The average molecular weight is 270 g/mol. The normalized spacial score (nSPS) is 10.1. The van der Waals surface area contributed by atoms with Crippen molar-refractivity contribution in [2.75, 3.05) is 25.1 Å². The number of rotatable bonds is 6. The van der Waals surface area contributed by atoms with E-state index < -0.39 is 16.7 Å². The Kier molecular flexibility index (Phi) is 5.23. The van der Waals surface area contributed by atoms with Crippen molar-refractivity contribution in [1.82, 2.24) is 0 Å². The van der Waals surface area contributed by atoms with Gasteiger partial charge in [-0.3, -0.25) is 14.9 Å². The number of methoxy groups -OCH3 is 1. The first-order chi connectivity index (χ1) is 9.01. The zero-order chi connectivity index (χ0) is 14.4. The van der Waals surface area contributed by atoms with Crippen LogP contribution in [0.25, 0.3) is 0 Å². The van der Waals surface area contributed by atoms with Crippen molar-refractivity contribution in [3.63, 3.8) is 0 Å². The van der Waals surface area contributed by atoms with Gasteiger partial charge in [0.15, 0.2) is 11.5 Å². The van der Waals surface area contributed by atoms with Gasteiger partial charge in [0.05, 0.1) is 18.5 Å². The number of carbonyl (C=O) groups is 1. The third kappa shape index (κ3) is 3.64. The Labute approximate surface area is 109 Å². The van der Waals surface area contributed by atoms with Gasteiger partial charge in [-0.15, -0.1) is 0 Å². The second-order valence-electron chi connectivity index (χ2n) is 3.77. The van der Waals surface area contributed by atoms with E-state index in [-0.39, 0.29) is 24.3 Å². The summed E-state index contributed by atoms with van der Waals surface area (Å²) in [6.45, 7) is 2.23. The van der Waals surface area contributed by atoms with Crippen LogP contribution < -0.4 is 4.90 Å². The van der Waals surface area contributed by atoms with E-state index in [0.29, 0.717) is 6.54 Å². The summed E-state index contributed by atoms with van der Waals surface area (Å²) >= 11 is 0. The molecular weight excluding hydrogens is 255 g/mol. The molecule has 6 nitrogen and oxygen atoms in total. The van der Waals surface area contributed by atoms with Crippen LogP contribution in [-0.4, -0.2) is 31.1 Å². The number of ether oxygens (including phenoxy) is 1. The lowest BCUT2D eigenvalue weighted by molar-refractivity contribution is -0.384. The molecule has 0 fully saturated rings. The smallest absolute Gasteiger partial charge is 0.307 e. The Balaban J connectivity index is 3.03. The van der Waals surface area contributed by atoms with Crippen molar-refractivity contribution < 1.29 is 18.8 Å².